The topological polar surface area (TPSA) is 74.2 Å². The first-order valence-corrected chi connectivity index (χ1v) is 13.6. The van der Waals surface area contributed by atoms with Crippen LogP contribution < -0.4 is 5.32 Å². The van der Waals surface area contributed by atoms with Gasteiger partial charge in [0.25, 0.3) is 0 Å². The monoisotopic (exact) mass is 534 g/mol. The van der Waals surface area contributed by atoms with Crippen molar-refractivity contribution >= 4 is 28.8 Å². The van der Waals surface area contributed by atoms with Crippen molar-refractivity contribution in [3.05, 3.63) is 93.9 Å². The van der Waals surface area contributed by atoms with Gasteiger partial charge in [0.05, 0.1) is 30.8 Å². The second-order valence-electron chi connectivity index (χ2n) is 9.72. The molecule has 1 saturated heterocycles. The predicted molar refractivity (Wildman–Crippen MR) is 146 cm³/mol. The number of nitrogens with zero attached hydrogens (tertiary/aromatic N) is 3. The fraction of sp³-hybridized carbons (Fsp3) is 0.345. The molecule has 0 aliphatic carbocycles. The van der Waals surface area contributed by atoms with Gasteiger partial charge >= 0.3 is 5.97 Å². The van der Waals surface area contributed by atoms with Gasteiger partial charge in [-0.3, -0.25) is 9.69 Å². The van der Waals surface area contributed by atoms with E-state index in [4.69, 9.17) is 4.74 Å². The summed E-state index contributed by atoms with van der Waals surface area (Å²) in [5.74, 6) is -1.01. The molecule has 198 valence electrons. The van der Waals surface area contributed by atoms with Crippen LogP contribution in [0.1, 0.15) is 43.4 Å². The number of nitrogens with one attached hydrogen (secondary N) is 1. The number of benzene rings is 2. The molecule has 0 aromatic heterocycles. The highest BCUT2D eigenvalue weighted by molar-refractivity contribution is 8.16. The number of carbonyl (C=O) groups excluding carboxylic acids is 2. The molecule has 5 rings (SSSR count). The predicted octanol–water partition coefficient (Wildman–Crippen LogP) is 4.74. The highest BCUT2D eigenvalue weighted by Crippen LogP contribution is 2.44. The van der Waals surface area contributed by atoms with E-state index in [1.54, 1.807) is 19.1 Å². The largest absolute Gasteiger partial charge is 0.466 e. The smallest absolute Gasteiger partial charge is 0.338 e. The van der Waals surface area contributed by atoms with Crippen LogP contribution in [-0.2, 0) is 20.9 Å². The van der Waals surface area contributed by atoms with Gasteiger partial charge in [0.2, 0.25) is 5.91 Å². The number of fused-ring (bicyclic) bond motifs is 1. The second-order valence-corrected chi connectivity index (χ2v) is 10.6. The fourth-order valence-electron chi connectivity index (χ4n) is 5.25. The SMILES string of the molecule is COC(=O)C1=C(C)N=C2SC=C(CC(=O)NC3CCN(Cc4ccccc4)CC3)N2[C@@H]1c1cccc(F)c1. The van der Waals surface area contributed by atoms with Gasteiger partial charge in [-0.15, -0.1) is 0 Å². The standard InChI is InChI=1S/C29H31FN4O3S/c1-19-26(28(36)37-2)27(21-9-6-10-22(30)15-21)34-24(18-38-29(34)31-19)16-25(35)32-23-11-13-33(14-12-23)17-20-7-4-3-5-8-20/h3-10,15,18,23,27H,11-14,16-17H2,1-2H3,(H,32,35)/t27-/m1/s1. The van der Waals surface area contributed by atoms with Crippen LogP contribution in [0.2, 0.25) is 0 Å². The zero-order valence-corrected chi connectivity index (χ0v) is 22.3. The number of piperidine rings is 1. The third kappa shape index (κ3) is 5.68. The molecule has 0 unspecified atom stereocenters. The van der Waals surface area contributed by atoms with Crippen molar-refractivity contribution in [2.75, 3.05) is 20.2 Å². The number of ether oxygens (including phenoxy) is 1. The summed E-state index contributed by atoms with van der Waals surface area (Å²) < 4.78 is 19.3. The first kappa shape index (κ1) is 26.2. The number of aliphatic imine (C=N–C) groups is 1. The highest BCUT2D eigenvalue weighted by atomic mass is 32.2. The van der Waals surface area contributed by atoms with E-state index in [0.717, 1.165) is 38.2 Å². The minimum Gasteiger partial charge on any atom is -0.466 e. The van der Waals surface area contributed by atoms with Gasteiger partial charge in [-0.25, -0.2) is 14.2 Å². The van der Waals surface area contributed by atoms with Crippen LogP contribution in [0.3, 0.4) is 0 Å². The average molecular weight is 535 g/mol. The zero-order chi connectivity index (χ0) is 26.6. The Hall–Kier alpha value is -3.43. The van der Waals surface area contributed by atoms with Crippen molar-refractivity contribution in [3.8, 4) is 0 Å². The van der Waals surface area contributed by atoms with Gasteiger partial charge in [-0.1, -0.05) is 54.2 Å². The molecule has 2 aromatic carbocycles. The number of amidine groups is 1. The lowest BCUT2D eigenvalue weighted by Crippen LogP contribution is -2.45. The summed E-state index contributed by atoms with van der Waals surface area (Å²) in [6.45, 7) is 4.52. The van der Waals surface area contributed by atoms with Crippen LogP contribution in [0.4, 0.5) is 4.39 Å². The molecule has 38 heavy (non-hydrogen) atoms. The number of rotatable bonds is 7. The Morgan fingerprint density at radius 2 is 1.89 bits per heavy atom. The number of thioether (sulfide) groups is 1. The van der Waals surface area contributed by atoms with Crippen molar-refractivity contribution < 1.29 is 18.7 Å². The van der Waals surface area contributed by atoms with E-state index in [1.807, 2.05) is 16.4 Å². The Balaban J connectivity index is 1.26. The number of halogens is 1. The Morgan fingerprint density at radius 1 is 1.13 bits per heavy atom. The molecule has 3 aliphatic rings. The van der Waals surface area contributed by atoms with Crippen LogP contribution in [0.5, 0.6) is 0 Å². The first-order chi connectivity index (χ1) is 18.4. The normalized spacial score (nSPS) is 20.1. The molecular formula is C29H31FN4O3S. The molecule has 1 N–H and O–H groups in total. The first-order valence-electron chi connectivity index (χ1n) is 12.8. The van der Waals surface area contributed by atoms with Crippen LogP contribution in [0, 0.1) is 5.82 Å². The van der Waals surface area contributed by atoms with Crippen molar-refractivity contribution in [3.63, 3.8) is 0 Å². The van der Waals surface area contributed by atoms with Gasteiger partial charge in [0, 0.05) is 31.4 Å². The minimum atomic E-state index is -0.638. The number of likely N-dealkylation sites (tertiary alicyclic amines) is 1. The Morgan fingerprint density at radius 3 is 2.61 bits per heavy atom. The molecule has 2 aromatic rings. The lowest BCUT2D eigenvalue weighted by Gasteiger charge is -2.36. The molecule has 0 bridgehead atoms. The third-order valence-corrected chi connectivity index (χ3v) is 8.00. The molecule has 0 radical (unpaired) electrons. The van der Waals surface area contributed by atoms with E-state index in [9.17, 15) is 14.0 Å². The van der Waals surface area contributed by atoms with Crippen LogP contribution in [-0.4, -0.2) is 53.1 Å². The van der Waals surface area contributed by atoms with Crippen molar-refractivity contribution in [1.82, 2.24) is 15.1 Å². The lowest BCUT2D eigenvalue weighted by molar-refractivity contribution is -0.136. The van der Waals surface area contributed by atoms with Crippen molar-refractivity contribution in [1.29, 1.82) is 0 Å². The minimum absolute atomic E-state index is 0.0801. The number of amides is 1. The van der Waals surface area contributed by atoms with E-state index in [2.05, 4.69) is 39.5 Å². The molecular weight excluding hydrogens is 503 g/mol. The van der Waals surface area contributed by atoms with E-state index in [0.29, 0.717) is 22.0 Å². The average Bonchev–Trinajstić information content (AvgIpc) is 3.30. The van der Waals surface area contributed by atoms with Crippen LogP contribution in [0.25, 0.3) is 0 Å². The number of esters is 1. The zero-order valence-electron chi connectivity index (χ0n) is 21.5. The molecule has 0 spiro atoms. The molecule has 9 heteroatoms. The summed E-state index contributed by atoms with van der Waals surface area (Å²) in [5, 5.41) is 5.74. The van der Waals surface area contributed by atoms with Gasteiger partial charge in [0.15, 0.2) is 5.17 Å². The van der Waals surface area contributed by atoms with Gasteiger partial charge in [0.1, 0.15) is 5.82 Å². The summed E-state index contributed by atoms with van der Waals surface area (Å²) in [6, 6.07) is 16.1. The summed E-state index contributed by atoms with van der Waals surface area (Å²) in [5.41, 5.74) is 3.46. The molecule has 1 amide bonds. The number of carbonyl (C=O) groups is 2. The summed E-state index contributed by atoms with van der Waals surface area (Å²) in [7, 11) is 1.32. The van der Waals surface area contributed by atoms with E-state index < -0.39 is 17.8 Å². The van der Waals surface area contributed by atoms with E-state index >= 15 is 0 Å². The summed E-state index contributed by atoms with van der Waals surface area (Å²) in [6.07, 6.45) is 1.92. The summed E-state index contributed by atoms with van der Waals surface area (Å²) >= 11 is 1.40. The molecule has 1 fully saturated rings. The quantitative estimate of drug-likeness (QED) is 0.517. The Kier molecular flexibility index (Phi) is 7.95. The van der Waals surface area contributed by atoms with Gasteiger partial charge < -0.3 is 15.0 Å². The van der Waals surface area contributed by atoms with E-state index in [-0.39, 0.29) is 18.4 Å². The van der Waals surface area contributed by atoms with Crippen molar-refractivity contribution in [2.24, 2.45) is 4.99 Å². The Labute approximate surface area is 226 Å². The molecule has 1 atom stereocenters. The number of hydrogen-bond donors (Lipinski definition) is 1. The van der Waals surface area contributed by atoms with Gasteiger partial charge in [-0.05, 0) is 48.4 Å². The molecule has 7 nitrogen and oxygen atoms in total. The number of hydrogen-bond acceptors (Lipinski definition) is 7. The Bertz CT molecular complexity index is 1300. The molecule has 0 saturated carbocycles. The number of allylic oxidation sites excluding steroid dienone is 1. The number of methoxy groups -OCH3 is 1. The second kappa shape index (κ2) is 11.5. The highest BCUT2D eigenvalue weighted by Gasteiger charge is 2.41. The summed E-state index contributed by atoms with van der Waals surface area (Å²) in [4.78, 5) is 34.8. The maximum absolute atomic E-state index is 14.2. The molecule has 3 heterocycles. The lowest BCUT2D eigenvalue weighted by atomic mass is 9.93. The van der Waals surface area contributed by atoms with Crippen molar-refractivity contribution in [2.45, 2.75) is 44.8 Å². The third-order valence-electron chi connectivity index (χ3n) is 7.11. The van der Waals surface area contributed by atoms with Crippen LogP contribution in [0.15, 0.2) is 82.0 Å². The maximum atomic E-state index is 14.2. The molecule has 3 aliphatic heterocycles. The maximum Gasteiger partial charge on any atom is 0.338 e. The van der Waals surface area contributed by atoms with E-state index in [1.165, 1.54) is 36.6 Å². The fourth-order valence-corrected chi connectivity index (χ4v) is 6.22. The van der Waals surface area contributed by atoms with Gasteiger partial charge in [-0.2, -0.15) is 0 Å². The van der Waals surface area contributed by atoms with Crippen LogP contribution >= 0.6 is 11.8 Å².